The molecule has 290 valence electrons. The number of benzene rings is 8. The third-order valence-corrected chi connectivity index (χ3v) is 11.9. The summed E-state index contributed by atoms with van der Waals surface area (Å²) in [6.07, 6.45) is 0. The Hall–Kier alpha value is -8.41. The van der Waals surface area contributed by atoms with Crippen LogP contribution in [0.15, 0.2) is 224 Å². The summed E-state index contributed by atoms with van der Waals surface area (Å²) in [5.74, 6) is 0.674. The Morgan fingerprint density at radius 3 is 1.74 bits per heavy atom. The molecular formula is C57H37N5. The number of hydrogen-bond donors (Lipinski definition) is 0. The number of nitrogens with zero attached hydrogens (tertiary/aromatic N) is 5. The predicted molar refractivity (Wildman–Crippen MR) is 255 cm³/mol. The van der Waals surface area contributed by atoms with Crippen molar-refractivity contribution in [3.63, 3.8) is 0 Å². The van der Waals surface area contributed by atoms with Crippen LogP contribution in [-0.4, -0.2) is 24.1 Å². The molecule has 62 heavy (non-hydrogen) atoms. The summed E-state index contributed by atoms with van der Waals surface area (Å²) in [6.45, 7) is 0. The first kappa shape index (κ1) is 35.5. The van der Waals surface area contributed by atoms with Crippen LogP contribution in [0.25, 0.3) is 111 Å². The number of hydrogen-bond acceptors (Lipinski definition) is 3. The number of fused-ring (bicyclic) bond motifs is 6. The molecule has 0 N–H and O–H groups in total. The summed E-state index contributed by atoms with van der Waals surface area (Å²) >= 11 is 0. The van der Waals surface area contributed by atoms with Crippen molar-refractivity contribution in [3.8, 4) is 73.2 Å². The first-order valence-electron chi connectivity index (χ1n) is 21.0. The Morgan fingerprint density at radius 1 is 0.387 bits per heavy atom. The number of aromatic nitrogens is 5. The molecule has 0 aliphatic carbocycles. The van der Waals surface area contributed by atoms with Crippen LogP contribution in [0.4, 0.5) is 0 Å². The maximum atomic E-state index is 5.46. The molecule has 0 atom stereocenters. The molecule has 5 heteroatoms. The lowest BCUT2D eigenvalue weighted by atomic mass is 9.96. The van der Waals surface area contributed by atoms with Gasteiger partial charge in [0.1, 0.15) is 5.69 Å². The van der Waals surface area contributed by atoms with E-state index < -0.39 is 0 Å². The van der Waals surface area contributed by atoms with Crippen LogP contribution in [0.1, 0.15) is 0 Å². The minimum atomic E-state index is 0.674. The fourth-order valence-corrected chi connectivity index (χ4v) is 9.15. The predicted octanol–water partition coefficient (Wildman–Crippen LogP) is 14.4. The minimum absolute atomic E-state index is 0.674. The van der Waals surface area contributed by atoms with E-state index in [0.29, 0.717) is 5.82 Å². The molecule has 4 aromatic heterocycles. The van der Waals surface area contributed by atoms with Crippen molar-refractivity contribution in [1.29, 1.82) is 0 Å². The van der Waals surface area contributed by atoms with Gasteiger partial charge in [-0.15, -0.1) is 0 Å². The topological polar surface area (TPSA) is 48.0 Å². The van der Waals surface area contributed by atoms with Crippen molar-refractivity contribution >= 4 is 38.1 Å². The SMILES string of the molecule is c1ccc(-c2nc(-c3cccc(-c4cc5ccccc5c5c(-c6ccccc6)c(-c6ccccc6)nn45)c3)cc(-c3cccc4c3c3ccccc3n4-c3ccccc3)n2)cc1. The summed E-state index contributed by atoms with van der Waals surface area (Å²) in [4.78, 5) is 10.6. The molecule has 0 unspecified atom stereocenters. The maximum absolute atomic E-state index is 5.46. The van der Waals surface area contributed by atoms with Gasteiger partial charge >= 0.3 is 0 Å². The molecule has 12 rings (SSSR count). The van der Waals surface area contributed by atoms with Gasteiger partial charge in [-0.3, -0.25) is 0 Å². The first-order chi connectivity index (χ1) is 30.8. The standard InChI is InChI=1S/C57H37N5/c1-5-19-38(20-6-1)53-55(39-21-7-2-8-22-39)60-62-52(36-41-25-13-14-30-45(41)56(53)62)43-27-17-26-42(35-43)48-37-49(59-57(58-48)40-23-9-3-10-24-40)46-32-18-34-51-54(46)47-31-15-16-33-50(47)61(51)44-28-11-4-12-29-44/h1-37H. The Morgan fingerprint density at radius 2 is 0.968 bits per heavy atom. The Balaban J connectivity index is 1.09. The van der Waals surface area contributed by atoms with E-state index in [4.69, 9.17) is 15.1 Å². The maximum Gasteiger partial charge on any atom is 0.160 e. The molecule has 12 aromatic rings. The Labute approximate surface area is 358 Å². The summed E-state index contributed by atoms with van der Waals surface area (Å²) in [5, 5.41) is 10.1. The number of para-hydroxylation sites is 2. The van der Waals surface area contributed by atoms with Crippen LogP contribution in [0.3, 0.4) is 0 Å². The highest BCUT2D eigenvalue weighted by Crippen LogP contribution is 2.42. The van der Waals surface area contributed by atoms with E-state index in [0.717, 1.165) is 100 Å². The molecule has 0 fully saturated rings. The minimum Gasteiger partial charge on any atom is -0.309 e. The van der Waals surface area contributed by atoms with Gasteiger partial charge in [-0.2, -0.15) is 5.10 Å². The summed E-state index contributed by atoms with van der Waals surface area (Å²) in [5.41, 5.74) is 15.5. The van der Waals surface area contributed by atoms with E-state index in [1.807, 2.05) is 18.2 Å². The number of pyridine rings is 1. The van der Waals surface area contributed by atoms with E-state index in [2.05, 4.69) is 215 Å². The summed E-state index contributed by atoms with van der Waals surface area (Å²) in [6, 6.07) is 79.0. The van der Waals surface area contributed by atoms with Crippen LogP contribution < -0.4 is 0 Å². The van der Waals surface area contributed by atoms with Gasteiger partial charge in [0, 0.05) is 55.2 Å². The zero-order chi connectivity index (χ0) is 41.0. The lowest BCUT2D eigenvalue weighted by molar-refractivity contribution is 0.979. The van der Waals surface area contributed by atoms with Gasteiger partial charge in [-0.05, 0) is 53.4 Å². The van der Waals surface area contributed by atoms with E-state index in [-0.39, 0.29) is 0 Å². The van der Waals surface area contributed by atoms with Crippen LogP contribution in [-0.2, 0) is 0 Å². The van der Waals surface area contributed by atoms with Gasteiger partial charge in [-0.1, -0.05) is 182 Å². The average molecular weight is 792 g/mol. The molecule has 0 saturated heterocycles. The first-order valence-corrected chi connectivity index (χ1v) is 21.0. The molecule has 0 spiro atoms. The molecule has 4 heterocycles. The van der Waals surface area contributed by atoms with Gasteiger partial charge in [0.25, 0.3) is 0 Å². The smallest absolute Gasteiger partial charge is 0.160 e. The van der Waals surface area contributed by atoms with Crippen LogP contribution >= 0.6 is 0 Å². The highest BCUT2D eigenvalue weighted by molar-refractivity contribution is 6.15. The Bertz CT molecular complexity index is 3610. The average Bonchev–Trinajstić information content (AvgIpc) is 3.92. The van der Waals surface area contributed by atoms with E-state index in [9.17, 15) is 0 Å². The van der Waals surface area contributed by atoms with Crippen molar-refractivity contribution in [3.05, 3.63) is 224 Å². The lowest BCUT2D eigenvalue weighted by Crippen LogP contribution is -1.98. The quantitative estimate of drug-likeness (QED) is 0.162. The van der Waals surface area contributed by atoms with Gasteiger partial charge in [0.2, 0.25) is 0 Å². The molecule has 0 saturated carbocycles. The van der Waals surface area contributed by atoms with E-state index in [1.54, 1.807) is 0 Å². The molecule has 0 bridgehead atoms. The molecule has 0 aliphatic heterocycles. The fraction of sp³-hybridized carbons (Fsp3) is 0. The normalized spacial score (nSPS) is 11.5. The summed E-state index contributed by atoms with van der Waals surface area (Å²) in [7, 11) is 0. The second-order valence-electron chi connectivity index (χ2n) is 15.6. The highest BCUT2D eigenvalue weighted by atomic mass is 15.2. The molecule has 0 aliphatic rings. The van der Waals surface area contributed by atoms with Crippen molar-refractivity contribution in [2.75, 3.05) is 0 Å². The fourth-order valence-electron chi connectivity index (χ4n) is 9.15. The molecule has 0 radical (unpaired) electrons. The second kappa shape index (κ2) is 14.7. The molecule has 5 nitrogen and oxygen atoms in total. The van der Waals surface area contributed by atoms with Crippen molar-refractivity contribution in [2.24, 2.45) is 0 Å². The van der Waals surface area contributed by atoms with Gasteiger partial charge in [0.05, 0.1) is 33.6 Å². The molecule has 0 amide bonds. The highest BCUT2D eigenvalue weighted by Gasteiger charge is 2.23. The van der Waals surface area contributed by atoms with Gasteiger partial charge < -0.3 is 4.57 Å². The van der Waals surface area contributed by atoms with Crippen molar-refractivity contribution in [1.82, 2.24) is 24.1 Å². The molecular weight excluding hydrogens is 755 g/mol. The van der Waals surface area contributed by atoms with Crippen molar-refractivity contribution in [2.45, 2.75) is 0 Å². The van der Waals surface area contributed by atoms with Gasteiger partial charge in [-0.25, -0.2) is 14.5 Å². The lowest BCUT2D eigenvalue weighted by Gasteiger charge is -2.13. The van der Waals surface area contributed by atoms with Gasteiger partial charge in [0.15, 0.2) is 5.82 Å². The third-order valence-electron chi connectivity index (χ3n) is 11.9. The van der Waals surface area contributed by atoms with Crippen LogP contribution in [0.2, 0.25) is 0 Å². The summed E-state index contributed by atoms with van der Waals surface area (Å²) < 4.78 is 4.50. The number of rotatable bonds is 7. The zero-order valence-corrected chi connectivity index (χ0v) is 33.6. The van der Waals surface area contributed by atoms with Crippen LogP contribution in [0.5, 0.6) is 0 Å². The van der Waals surface area contributed by atoms with E-state index >= 15 is 0 Å². The Kier molecular flexibility index (Phi) is 8.42. The monoisotopic (exact) mass is 791 g/mol. The third kappa shape index (κ3) is 5.90. The largest absolute Gasteiger partial charge is 0.309 e. The van der Waals surface area contributed by atoms with Crippen molar-refractivity contribution < 1.29 is 0 Å². The van der Waals surface area contributed by atoms with E-state index in [1.165, 1.54) is 5.39 Å². The molecule has 8 aromatic carbocycles. The second-order valence-corrected chi connectivity index (χ2v) is 15.6. The van der Waals surface area contributed by atoms with Crippen LogP contribution in [0, 0.1) is 0 Å². The zero-order valence-electron chi connectivity index (χ0n) is 33.6.